The summed E-state index contributed by atoms with van der Waals surface area (Å²) in [6, 6.07) is 10.8. The molecule has 1 aromatic heterocycles. The van der Waals surface area contributed by atoms with Crippen molar-refractivity contribution in [1.29, 1.82) is 0 Å². The van der Waals surface area contributed by atoms with Gasteiger partial charge in [0.2, 0.25) is 5.91 Å². The van der Waals surface area contributed by atoms with Crippen LogP contribution in [0.2, 0.25) is 0 Å². The fourth-order valence-corrected chi connectivity index (χ4v) is 2.87. The van der Waals surface area contributed by atoms with E-state index in [0.717, 1.165) is 10.0 Å². The van der Waals surface area contributed by atoms with Crippen LogP contribution < -0.4 is 15.6 Å². The number of carbonyl (C=O) groups is 1. The van der Waals surface area contributed by atoms with E-state index in [4.69, 9.17) is 4.74 Å². The normalized spacial score (nSPS) is 10.7. The molecule has 0 radical (unpaired) electrons. The van der Waals surface area contributed by atoms with Crippen LogP contribution in [0.25, 0.3) is 10.9 Å². The second-order valence-electron chi connectivity index (χ2n) is 5.59. The average molecular weight is 402 g/mol. The first-order valence-corrected chi connectivity index (χ1v) is 8.36. The number of ether oxygens (including phenoxy) is 1. The summed E-state index contributed by atoms with van der Waals surface area (Å²) in [4.78, 5) is 29.1. The monoisotopic (exact) mass is 401 g/mol. The molecule has 1 heterocycles. The second kappa shape index (κ2) is 7.06. The highest BCUT2D eigenvalue weighted by molar-refractivity contribution is 9.10. The zero-order valence-corrected chi connectivity index (χ0v) is 15.3. The van der Waals surface area contributed by atoms with E-state index in [1.807, 2.05) is 25.1 Å². The summed E-state index contributed by atoms with van der Waals surface area (Å²) >= 11 is 3.34. The zero-order chi connectivity index (χ0) is 18.0. The lowest BCUT2D eigenvalue weighted by Gasteiger charge is -2.12. The first kappa shape index (κ1) is 17.2. The highest BCUT2D eigenvalue weighted by atomic mass is 79.9. The number of rotatable bonds is 4. The molecule has 0 spiro atoms. The number of amides is 1. The number of nitrogens with zero attached hydrogens (tertiary/aromatic N) is 2. The average Bonchev–Trinajstić information content (AvgIpc) is 2.58. The van der Waals surface area contributed by atoms with Crippen LogP contribution in [-0.2, 0) is 11.3 Å². The van der Waals surface area contributed by atoms with Crippen LogP contribution in [0.4, 0.5) is 5.69 Å². The molecule has 0 bridgehead atoms. The number of nitrogens with one attached hydrogen (secondary N) is 1. The molecule has 25 heavy (non-hydrogen) atoms. The van der Waals surface area contributed by atoms with E-state index in [1.165, 1.54) is 18.0 Å². The van der Waals surface area contributed by atoms with Crippen LogP contribution in [-0.4, -0.2) is 22.6 Å². The van der Waals surface area contributed by atoms with Crippen molar-refractivity contribution in [2.45, 2.75) is 13.5 Å². The van der Waals surface area contributed by atoms with Gasteiger partial charge in [0.05, 0.1) is 30.0 Å². The molecule has 0 fully saturated rings. The van der Waals surface area contributed by atoms with Gasteiger partial charge in [-0.25, -0.2) is 4.98 Å². The highest BCUT2D eigenvalue weighted by Crippen LogP contribution is 2.25. The van der Waals surface area contributed by atoms with Crippen molar-refractivity contribution in [2.75, 3.05) is 12.4 Å². The lowest BCUT2D eigenvalue weighted by Crippen LogP contribution is -2.28. The van der Waals surface area contributed by atoms with Gasteiger partial charge in [0.1, 0.15) is 12.3 Å². The molecule has 2 aromatic carbocycles. The Balaban J connectivity index is 1.86. The molecule has 0 unspecified atom stereocenters. The summed E-state index contributed by atoms with van der Waals surface area (Å²) in [5, 5.41) is 3.23. The van der Waals surface area contributed by atoms with Crippen LogP contribution in [0.15, 0.2) is 52.0 Å². The van der Waals surface area contributed by atoms with Gasteiger partial charge in [-0.15, -0.1) is 0 Å². The van der Waals surface area contributed by atoms with E-state index < -0.39 is 0 Å². The molecule has 0 saturated carbocycles. The molecule has 1 N–H and O–H groups in total. The number of halogens is 1. The molecule has 1 amide bonds. The topological polar surface area (TPSA) is 73.2 Å². The second-order valence-corrected chi connectivity index (χ2v) is 6.51. The molecule has 0 aliphatic rings. The number of hydrogen-bond donors (Lipinski definition) is 1. The van der Waals surface area contributed by atoms with Gasteiger partial charge < -0.3 is 10.1 Å². The number of carbonyl (C=O) groups excluding carboxylic acids is 1. The van der Waals surface area contributed by atoms with Crippen molar-refractivity contribution < 1.29 is 9.53 Å². The van der Waals surface area contributed by atoms with E-state index in [-0.39, 0.29) is 18.0 Å². The van der Waals surface area contributed by atoms with Crippen molar-refractivity contribution >= 4 is 38.4 Å². The molecule has 0 aliphatic heterocycles. The summed E-state index contributed by atoms with van der Waals surface area (Å²) in [7, 11) is 1.54. The predicted molar refractivity (Wildman–Crippen MR) is 100 cm³/mol. The Hall–Kier alpha value is -2.67. The minimum Gasteiger partial charge on any atom is -0.495 e. The van der Waals surface area contributed by atoms with Gasteiger partial charge in [-0.05, 0) is 42.8 Å². The van der Waals surface area contributed by atoms with Crippen LogP contribution in [0, 0.1) is 6.92 Å². The van der Waals surface area contributed by atoms with Crippen LogP contribution in [0.3, 0.4) is 0 Å². The number of anilines is 1. The quantitative estimate of drug-likeness (QED) is 0.728. The summed E-state index contributed by atoms with van der Waals surface area (Å²) in [5.41, 5.74) is 1.88. The van der Waals surface area contributed by atoms with E-state index in [1.54, 1.807) is 18.2 Å². The first-order chi connectivity index (χ1) is 12.0. The van der Waals surface area contributed by atoms with E-state index in [0.29, 0.717) is 22.3 Å². The SMILES string of the molecule is COc1ccc(C)cc1NC(=O)Cn1cnc2ccc(Br)cc2c1=O. The largest absolute Gasteiger partial charge is 0.495 e. The Morgan fingerprint density at radius 1 is 1.28 bits per heavy atom. The molecule has 6 nitrogen and oxygen atoms in total. The van der Waals surface area contributed by atoms with Crippen LogP contribution >= 0.6 is 15.9 Å². The molecule has 7 heteroatoms. The summed E-state index contributed by atoms with van der Waals surface area (Å²) < 4.78 is 7.31. The maximum Gasteiger partial charge on any atom is 0.261 e. The highest BCUT2D eigenvalue weighted by Gasteiger charge is 2.11. The number of hydrogen-bond acceptors (Lipinski definition) is 4. The summed E-state index contributed by atoms with van der Waals surface area (Å²) in [6.45, 7) is 1.79. The van der Waals surface area contributed by atoms with E-state index >= 15 is 0 Å². The van der Waals surface area contributed by atoms with E-state index in [2.05, 4.69) is 26.2 Å². The van der Waals surface area contributed by atoms with Crippen molar-refractivity contribution in [1.82, 2.24) is 9.55 Å². The minimum atomic E-state index is -0.331. The number of benzene rings is 2. The van der Waals surface area contributed by atoms with Gasteiger partial charge >= 0.3 is 0 Å². The Morgan fingerprint density at radius 2 is 2.08 bits per heavy atom. The Labute approximate surface area is 152 Å². The molecule has 3 rings (SSSR count). The van der Waals surface area contributed by atoms with Crippen LogP contribution in [0.5, 0.6) is 5.75 Å². The van der Waals surface area contributed by atoms with Gasteiger partial charge in [-0.1, -0.05) is 22.0 Å². The maximum absolute atomic E-state index is 12.5. The fraction of sp³-hybridized carbons (Fsp3) is 0.167. The third-order valence-corrected chi connectivity index (χ3v) is 4.22. The van der Waals surface area contributed by atoms with Crippen molar-refractivity contribution in [2.24, 2.45) is 0 Å². The molecule has 0 saturated heterocycles. The van der Waals surface area contributed by atoms with Gasteiger partial charge in [-0.2, -0.15) is 0 Å². The third-order valence-electron chi connectivity index (χ3n) is 3.73. The number of methoxy groups -OCH3 is 1. The Kier molecular flexibility index (Phi) is 4.85. The molecule has 0 atom stereocenters. The molecule has 128 valence electrons. The standard InChI is InChI=1S/C18H16BrN3O3/c1-11-3-6-16(25-2)15(7-11)21-17(23)9-22-10-20-14-5-4-12(19)8-13(14)18(22)24/h3-8,10H,9H2,1-2H3,(H,21,23). The minimum absolute atomic E-state index is 0.134. The number of aryl methyl sites for hydroxylation is 1. The van der Waals surface area contributed by atoms with Crippen molar-refractivity contribution in [3.05, 3.63) is 63.1 Å². The molecule has 0 aliphatic carbocycles. The van der Waals surface area contributed by atoms with Crippen LogP contribution in [0.1, 0.15) is 5.56 Å². The predicted octanol–water partition coefficient (Wildman–Crippen LogP) is 3.11. The number of aromatic nitrogens is 2. The Bertz CT molecular complexity index is 1010. The summed E-state index contributed by atoms with van der Waals surface area (Å²) in [6.07, 6.45) is 1.38. The lowest BCUT2D eigenvalue weighted by molar-refractivity contribution is -0.116. The molecular weight excluding hydrogens is 386 g/mol. The third kappa shape index (κ3) is 3.71. The first-order valence-electron chi connectivity index (χ1n) is 7.57. The number of fused-ring (bicyclic) bond motifs is 1. The zero-order valence-electron chi connectivity index (χ0n) is 13.7. The summed E-state index contributed by atoms with van der Waals surface area (Å²) in [5.74, 6) is 0.231. The molecule has 3 aromatic rings. The maximum atomic E-state index is 12.5. The van der Waals surface area contributed by atoms with Crippen molar-refractivity contribution in [3.63, 3.8) is 0 Å². The van der Waals surface area contributed by atoms with E-state index in [9.17, 15) is 9.59 Å². The van der Waals surface area contributed by atoms with Gasteiger partial charge in [0, 0.05) is 4.47 Å². The smallest absolute Gasteiger partial charge is 0.261 e. The Morgan fingerprint density at radius 3 is 2.84 bits per heavy atom. The lowest BCUT2D eigenvalue weighted by atomic mass is 10.2. The van der Waals surface area contributed by atoms with Crippen molar-refractivity contribution in [3.8, 4) is 5.75 Å². The van der Waals surface area contributed by atoms with Gasteiger partial charge in [0.25, 0.3) is 5.56 Å². The van der Waals surface area contributed by atoms with Gasteiger partial charge in [-0.3, -0.25) is 14.2 Å². The fourth-order valence-electron chi connectivity index (χ4n) is 2.51. The molecular formula is C18H16BrN3O3. The van der Waals surface area contributed by atoms with Gasteiger partial charge in [0.15, 0.2) is 0 Å².